The summed E-state index contributed by atoms with van der Waals surface area (Å²) >= 11 is 6.80. The van der Waals surface area contributed by atoms with Gasteiger partial charge in [-0.25, -0.2) is 9.37 Å². The van der Waals surface area contributed by atoms with Crippen molar-refractivity contribution in [3.8, 4) is 17.0 Å². The second-order valence-electron chi connectivity index (χ2n) is 10.0. The van der Waals surface area contributed by atoms with Gasteiger partial charge in [0.05, 0.1) is 29.1 Å². The minimum absolute atomic E-state index is 0.0799. The minimum atomic E-state index is -0.458. The van der Waals surface area contributed by atoms with Gasteiger partial charge in [-0.3, -0.25) is 14.7 Å². The maximum Gasteiger partial charge on any atom is 0.220 e. The second kappa shape index (κ2) is 12.1. The summed E-state index contributed by atoms with van der Waals surface area (Å²) in [6.45, 7) is 8.68. The number of benzene rings is 2. The van der Waals surface area contributed by atoms with Crippen molar-refractivity contribution in [2.45, 2.75) is 32.7 Å². The molecule has 1 aliphatic heterocycles. The van der Waals surface area contributed by atoms with E-state index in [0.29, 0.717) is 28.7 Å². The van der Waals surface area contributed by atoms with Crippen LogP contribution in [0.15, 0.2) is 53.5 Å². The zero-order valence-corrected chi connectivity index (χ0v) is 24.0. The lowest BCUT2D eigenvalue weighted by molar-refractivity contribution is -0.106. The molecule has 4 rings (SSSR count). The van der Waals surface area contributed by atoms with E-state index in [0.717, 1.165) is 31.6 Å². The number of amides is 1. The number of pyridine rings is 1. The number of carbonyl (C=O) groups is 1. The van der Waals surface area contributed by atoms with Crippen LogP contribution in [0, 0.1) is 5.82 Å². The van der Waals surface area contributed by atoms with E-state index in [1.807, 2.05) is 32.0 Å². The molecule has 1 amide bonds. The Hall–Kier alpha value is -3.49. The van der Waals surface area contributed by atoms with Gasteiger partial charge in [0, 0.05) is 38.3 Å². The van der Waals surface area contributed by atoms with Crippen LogP contribution in [0.1, 0.15) is 37.8 Å². The molecule has 39 heavy (non-hydrogen) atoms. The maximum atomic E-state index is 14.9. The molecule has 206 valence electrons. The molecule has 0 saturated carbocycles. The molecule has 9 heteroatoms. The van der Waals surface area contributed by atoms with E-state index in [-0.39, 0.29) is 28.2 Å². The van der Waals surface area contributed by atoms with Crippen LogP contribution in [-0.2, 0) is 4.79 Å². The molecule has 1 unspecified atom stereocenters. The van der Waals surface area contributed by atoms with Gasteiger partial charge in [0.15, 0.2) is 5.82 Å². The van der Waals surface area contributed by atoms with Crippen molar-refractivity contribution in [3.05, 3.63) is 70.5 Å². The molecule has 1 aromatic heterocycles. The molecule has 2 aromatic carbocycles. The maximum absolute atomic E-state index is 14.9. The summed E-state index contributed by atoms with van der Waals surface area (Å²) in [4.78, 5) is 28.4. The second-order valence-corrected chi connectivity index (χ2v) is 10.5. The van der Waals surface area contributed by atoms with Gasteiger partial charge in [-0.05, 0) is 49.7 Å². The molecule has 0 radical (unpaired) electrons. The highest BCUT2D eigenvalue weighted by Gasteiger charge is 2.31. The average molecular weight is 552 g/mol. The first-order valence-electron chi connectivity index (χ1n) is 13.0. The number of nitrogens with zero attached hydrogens (tertiary/aromatic N) is 5. The Morgan fingerprint density at radius 2 is 1.97 bits per heavy atom. The van der Waals surface area contributed by atoms with E-state index in [4.69, 9.17) is 21.3 Å². The van der Waals surface area contributed by atoms with Crippen molar-refractivity contribution in [2.75, 3.05) is 45.7 Å². The summed E-state index contributed by atoms with van der Waals surface area (Å²) in [5.74, 6) is 1.10. The molecular weight excluding hydrogens is 517 g/mol. The van der Waals surface area contributed by atoms with Gasteiger partial charge in [0.25, 0.3) is 0 Å². The summed E-state index contributed by atoms with van der Waals surface area (Å²) in [5.41, 5.74) is 2.53. The number of amidine groups is 1. The van der Waals surface area contributed by atoms with E-state index < -0.39 is 5.82 Å². The number of ether oxygens (including phenoxy) is 1. The first-order valence-corrected chi connectivity index (χ1v) is 13.4. The number of carbonyl (C=O) groups excluding carboxylic acids is 1. The first-order chi connectivity index (χ1) is 18.7. The third kappa shape index (κ3) is 5.63. The van der Waals surface area contributed by atoms with Crippen LogP contribution < -0.4 is 9.64 Å². The molecule has 0 aliphatic carbocycles. The quantitative estimate of drug-likeness (QED) is 0.205. The van der Waals surface area contributed by atoms with Gasteiger partial charge >= 0.3 is 0 Å². The molecule has 1 saturated heterocycles. The van der Waals surface area contributed by atoms with Crippen molar-refractivity contribution in [3.63, 3.8) is 0 Å². The Kier molecular flexibility index (Phi) is 8.87. The van der Waals surface area contributed by atoms with Gasteiger partial charge in [0.2, 0.25) is 6.41 Å². The number of hydrogen-bond acceptors (Lipinski definition) is 5. The molecule has 0 N–H and O–H groups in total. The van der Waals surface area contributed by atoms with Gasteiger partial charge in [-0.15, -0.1) is 0 Å². The van der Waals surface area contributed by atoms with Crippen molar-refractivity contribution in [2.24, 2.45) is 4.99 Å². The number of aromatic nitrogens is 1. The highest BCUT2D eigenvalue weighted by molar-refractivity contribution is 6.33. The fraction of sp³-hybridized carbons (Fsp3) is 0.367. The molecule has 0 bridgehead atoms. The highest BCUT2D eigenvalue weighted by atomic mass is 35.5. The van der Waals surface area contributed by atoms with Crippen molar-refractivity contribution < 1.29 is 13.9 Å². The van der Waals surface area contributed by atoms with Crippen molar-refractivity contribution >= 4 is 35.4 Å². The highest BCUT2D eigenvalue weighted by Crippen LogP contribution is 2.42. The predicted octanol–water partition coefficient (Wildman–Crippen LogP) is 5.98. The molecule has 7 nitrogen and oxygen atoms in total. The number of hydrogen-bond donors (Lipinski definition) is 0. The number of methoxy groups -OCH3 is 1. The predicted molar refractivity (Wildman–Crippen MR) is 156 cm³/mol. The Balaban J connectivity index is 2.02. The van der Waals surface area contributed by atoms with Crippen LogP contribution in [0.3, 0.4) is 0 Å². The first kappa shape index (κ1) is 28.5. The van der Waals surface area contributed by atoms with E-state index in [1.54, 1.807) is 38.4 Å². The fourth-order valence-corrected chi connectivity index (χ4v) is 5.42. The number of rotatable bonds is 7. The van der Waals surface area contributed by atoms with Gasteiger partial charge in [-0.1, -0.05) is 49.7 Å². The molecule has 1 fully saturated rings. The summed E-state index contributed by atoms with van der Waals surface area (Å²) in [6, 6.07) is 13.9. The summed E-state index contributed by atoms with van der Waals surface area (Å²) in [6.07, 6.45) is 0.718. The van der Waals surface area contributed by atoms with Crippen LogP contribution in [-0.4, -0.2) is 73.9 Å². The van der Waals surface area contributed by atoms with E-state index in [1.165, 1.54) is 11.0 Å². The number of anilines is 2. The SMILES string of the molecule is CN=C(c1cc(Cl)c(-c2ccccc2F)nc1N(C=O)c1c(OC)cccc1C(C)C)N1CCN(C)CC1C. The largest absolute Gasteiger partial charge is 0.495 e. The Morgan fingerprint density at radius 3 is 2.59 bits per heavy atom. The number of para-hydroxylation sites is 1. The van der Waals surface area contributed by atoms with Crippen molar-refractivity contribution in [1.29, 1.82) is 0 Å². The summed E-state index contributed by atoms with van der Waals surface area (Å²) in [7, 11) is 5.38. The molecule has 1 atom stereocenters. The Bertz CT molecular complexity index is 1380. The van der Waals surface area contributed by atoms with Crippen molar-refractivity contribution in [1.82, 2.24) is 14.8 Å². The van der Waals surface area contributed by atoms with Gasteiger partial charge in [0.1, 0.15) is 17.4 Å². The smallest absolute Gasteiger partial charge is 0.220 e. The fourth-order valence-electron chi connectivity index (χ4n) is 5.16. The molecular formula is C30H35ClFN5O2. The number of piperazine rings is 1. The van der Waals surface area contributed by atoms with Gasteiger partial charge < -0.3 is 14.5 Å². The zero-order valence-electron chi connectivity index (χ0n) is 23.3. The van der Waals surface area contributed by atoms with Gasteiger partial charge in [-0.2, -0.15) is 0 Å². The van der Waals surface area contributed by atoms with Crippen LogP contribution in [0.4, 0.5) is 15.9 Å². The average Bonchev–Trinajstić information content (AvgIpc) is 2.92. The molecule has 0 spiro atoms. The van der Waals surface area contributed by atoms with Crippen LogP contribution >= 0.6 is 11.6 Å². The van der Waals surface area contributed by atoms with E-state index in [2.05, 4.69) is 28.8 Å². The third-order valence-electron chi connectivity index (χ3n) is 7.09. The number of halogens is 2. The van der Waals surface area contributed by atoms with E-state index in [9.17, 15) is 9.18 Å². The lowest BCUT2D eigenvalue weighted by Crippen LogP contribution is -2.53. The molecule has 2 heterocycles. The zero-order chi connectivity index (χ0) is 28.3. The monoisotopic (exact) mass is 551 g/mol. The molecule has 1 aliphatic rings. The van der Waals surface area contributed by atoms with Crippen LogP contribution in [0.5, 0.6) is 5.75 Å². The molecule has 3 aromatic rings. The lowest BCUT2D eigenvalue weighted by Gasteiger charge is -2.40. The lowest BCUT2D eigenvalue weighted by atomic mass is 9.99. The van der Waals surface area contributed by atoms with E-state index >= 15 is 0 Å². The number of likely N-dealkylation sites (N-methyl/N-ethyl adjacent to an activating group) is 1. The third-order valence-corrected chi connectivity index (χ3v) is 7.37. The van der Waals surface area contributed by atoms with Crippen LogP contribution in [0.2, 0.25) is 5.02 Å². The Labute approximate surface area is 234 Å². The topological polar surface area (TPSA) is 61.3 Å². The normalized spacial score (nSPS) is 16.5. The Morgan fingerprint density at radius 1 is 1.23 bits per heavy atom. The minimum Gasteiger partial charge on any atom is -0.495 e. The summed E-state index contributed by atoms with van der Waals surface area (Å²) in [5, 5.41) is 0.261. The van der Waals surface area contributed by atoms with Crippen LogP contribution in [0.25, 0.3) is 11.3 Å². The number of aliphatic imine (C=N–C) groups is 1. The standard InChI is InChI=1S/C30H35ClFN5O2/c1-19(2)21-11-9-13-26(39-6)28(21)37(18-38)30-23(29(33-4)36-15-14-35(5)17-20(36)3)16-24(31)27(34-30)22-10-7-8-12-25(22)32/h7-13,16,18-20H,14-15,17H2,1-6H3. The summed E-state index contributed by atoms with van der Waals surface area (Å²) < 4.78 is 20.7.